The third kappa shape index (κ3) is 2.90. The number of nitrogens with two attached hydrogens (primary N) is 1. The first-order valence-electron chi connectivity index (χ1n) is 8.62. The van der Waals surface area contributed by atoms with Gasteiger partial charge in [0.2, 0.25) is 15.7 Å². The lowest BCUT2D eigenvalue weighted by Crippen LogP contribution is -2.09. The Hall–Kier alpha value is -2.61. The number of nitrogens with zero attached hydrogens (tertiary/aromatic N) is 2. The molecule has 3 aromatic rings. The molecule has 1 aliphatic rings. The van der Waals surface area contributed by atoms with E-state index in [2.05, 4.69) is 15.0 Å². The molecule has 1 fully saturated rings. The van der Waals surface area contributed by atoms with Crippen molar-refractivity contribution in [3.63, 3.8) is 0 Å². The molecule has 8 heteroatoms. The van der Waals surface area contributed by atoms with E-state index in [1.165, 1.54) is 31.3 Å². The van der Waals surface area contributed by atoms with E-state index < -0.39 is 9.84 Å². The molecule has 26 heavy (non-hydrogen) atoms. The smallest absolute Gasteiger partial charge is 0.241 e. The van der Waals surface area contributed by atoms with Crippen LogP contribution in [0.1, 0.15) is 25.7 Å². The first-order valence-corrected chi connectivity index (χ1v) is 10.1. The summed E-state index contributed by atoms with van der Waals surface area (Å²) in [5.74, 6) is 0.887. The van der Waals surface area contributed by atoms with Crippen molar-refractivity contribution < 1.29 is 13.2 Å². The van der Waals surface area contributed by atoms with Crippen molar-refractivity contribution in [2.24, 2.45) is 5.92 Å². The SMILES string of the molecule is Nc1[nH]c2c(OCC3CCCC3)ncnc2c1S(=O)(=O)c1ccccc1. The predicted octanol–water partition coefficient (Wildman–Crippen LogP) is 2.94. The van der Waals surface area contributed by atoms with Crippen molar-refractivity contribution in [3.8, 4) is 5.88 Å². The van der Waals surface area contributed by atoms with Crippen molar-refractivity contribution in [2.75, 3.05) is 12.3 Å². The molecule has 0 atom stereocenters. The van der Waals surface area contributed by atoms with Crippen molar-refractivity contribution in [1.82, 2.24) is 15.0 Å². The van der Waals surface area contributed by atoms with Crippen LogP contribution in [0.2, 0.25) is 0 Å². The quantitative estimate of drug-likeness (QED) is 0.712. The van der Waals surface area contributed by atoms with Gasteiger partial charge in [-0.15, -0.1) is 0 Å². The first-order chi connectivity index (χ1) is 12.6. The molecule has 0 amide bonds. The van der Waals surface area contributed by atoms with E-state index in [9.17, 15) is 8.42 Å². The van der Waals surface area contributed by atoms with E-state index in [0.29, 0.717) is 23.9 Å². The van der Waals surface area contributed by atoms with Crippen LogP contribution in [0.4, 0.5) is 5.82 Å². The standard InChI is InChI=1S/C18H20N4O3S/c19-17-16(26(23,24)13-8-2-1-3-9-13)14-15(22-17)18(21-11-20-14)25-10-12-6-4-5-7-12/h1-3,8-9,11-12,22H,4-7,10,19H2. The molecule has 2 aromatic heterocycles. The Kier molecular flexibility index (Phi) is 4.28. The van der Waals surface area contributed by atoms with Gasteiger partial charge in [-0.2, -0.15) is 4.98 Å². The van der Waals surface area contributed by atoms with E-state index in [-0.39, 0.29) is 21.1 Å². The molecule has 0 aliphatic heterocycles. The summed E-state index contributed by atoms with van der Waals surface area (Å²) in [6, 6.07) is 8.17. The van der Waals surface area contributed by atoms with Crippen molar-refractivity contribution in [2.45, 2.75) is 35.5 Å². The minimum atomic E-state index is -3.80. The highest BCUT2D eigenvalue weighted by molar-refractivity contribution is 7.92. The van der Waals surface area contributed by atoms with Gasteiger partial charge < -0.3 is 15.5 Å². The van der Waals surface area contributed by atoms with E-state index in [1.807, 2.05) is 0 Å². The monoisotopic (exact) mass is 372 g/mol. The second-order valence-corrected chi connectivity index (χ2v) is 8.43. The molecule has 0 saturated heterocycles. The molecular formula is C18H20N4O3S. The molecule has 0 unspecified atom stereocenters. The molecular weight excluding hydrogens is 352 g/mol. The highest BCUT2D eigenvalue weighted by Gasteiger charge is 2.28. The van der Waals surface area contributed by atoms with Crippen LogP contribution in [0.3, 0.4) is 0 Å². The largest absolute Gasteiger partial charge is 0.476 e. The van der Waals surface area contributed by atoms with E-state index in [1.54, 1.807) is 18.2 Å². The molecule has 1 aromatic carbocycles. The average Bonchev–Trinajstić information content (AvgIpc) is 3.27. The second-order valence-electron chi connectivity index (χ2n) is 6.55. The van der Waals surface area contributed by atoms with E-state index in [4.69, 9.17) is 10.5 Å². The van der Waals surface area contributed by atoms with Crippen LogP contribution in [0.25, 0.3) is 11.0 Å². The van der Waals surface area contributed by atoms with Crippen molar-refractivity contribution in [3.05, 3.63) is 36.7 Å². The summed E-state index contributed by atoms with van der Waals surface area (Å²) >= 11 is 0. The summed E-state index contributed by atoms with van der Waals surface area (Å²) in [6.45, 7) is 0.561. The number of anilines is 1. The minimum absolute atomic E-state index is 0.0354. The molecule has 4 rings (SSSR count). The fourth-order valence-electron chi connectivity index (χ4n) is 3.45. The summed E-state index contributed by atoms with van der Waals surface area (Å²) in [7, 11) is -3.80. The maximum Gasteiger partial charge on any atom is 0.241 e. The number of aromatic nitrogens is 3. The van der Waals surface area contributed by atoms with Gasteiger partial charge in [0.15, 0.2) is 0 Å². The highest BCUT2D eigenvalue weighted by Crippen LogP contribution is 2.35. The number of H-pyrrole nitrogens is 1. The van der Waals surface area contributed by atoms with Gasteiger partial charge in [-0.1, -0.05) is 31.0 Å². The van der Waals surface area contributed by atoms with Crippen LogP contribution < -0.4 is 10.5 Å². The average molecular weight is 372 g/mol. The van der Waals surface area contributed by atoms with E-state index >= 15 is 0 Å². The Morgan fingerprint density at radius 3 is 2.62 bits per heavy atom. The van der Waals surface area contributed by atoms with Gasteiger partial charge in [-0.05, 0) is 30.9 Å². The normalized spacial score (nSPS) is 15.5. The number of benzene rings is 1. The fraction of sp³-hybridized carbons (Fsp3) is 0.333. The van der Waals surface area contributed by atoms with Gasteiger partial charge >= 0.3 is 0 Å². The molecule has 0 bridgehead atoms. The van der Waals surface area contributed by atoms with Gasteiger partial charge in [-0.25, -0.2) is 13.4 Å². The maximum absolute atomic E-state index is 13.0. The first kappa shape index (κ1) is 16.8. The van der Waals surface area contributed by atoms with Gasteiger partial charge in [0.25, 0.3) is 0 Å². The molecule has 136 valence electrons. The third-order valence-corrected chi connectivity index (χ3v) is 6.63. The molecule has 1 saturated carbocycles. The number of sulfone groups is 1. The number of hydrogen-bond donors (Lipinski definition) is 2. The Morgan fingerprint density at radius 2 is 1.88 bits per heavy atom. The third-order valence-electron chi connectivity index (χ3n) is 4.78. The van der Waals surface area contributed by atoms with Gasteiger partial charge in [0.05, 0.1) is 11.5 Å². The lowest BCUT2D eigenvalue weighted by Gasteiger charge is -2.10. The van der Waals surface area contributed by atoms with Crippen molar-refractivity contribution >= 4 is 26.7 Å². The summed E-state index contributed by atoms with van der Waals surface area (Å²) in [5.41, 5.74) is 6.67. The Labute approximate surface area is 151 Å². The Bertz CT molecular complexity index is 1030. The minimum Gasteiger partial charge on any atom is -0.476 e. The Balaban J connectivity index is 1.75. The summed E-state index contributed by atoms with van der Waals surface area (Å²) in [5, 5.41) is 0. The van der Waals surface area contributed by atoms with Crippen LogP contribution in [0.5, 0.6) is 5.88 Å². The number of rotatable bonds is 5. The number of fused-ring (bicyclic) bond motifs is 1. The number of hydrogen-bond acceptors (Lipinski definition) is 6. The van der Waals surface area contributed by atoms with E-state index in [0.717, 1.165) is 12.8 Å². The van der Waals surface area contributed by atoms with Crippen LogP contribution in [-0.4, -0.2) is 30.0 Å². The predicted molar refractivity (Wildman–Crippen MR) is 97.6 cm³/mol. The highest BCUT2D eigenvalue weighted by atomic mass is 32.2. The zero-order chi connectivity index (χ0) is 18.1. The summed E-state index contributed by atoms with van der Waals surface area (Å²) < 4.78 is 31.9. The number of nitrogens with one attached hydrogen (secondary N) is 1. The van der Waals surface area contributed by atoms with Gasteiger partial charge in [0.1, 0.15) is 28.1 Å². The number of nitrogen functional groups attached to an aromatic ring is 1. The summed E-state index contributed by atoms with van der Waals surface area (Å²) in [6.07, 6.45) is 6.05. The van der Waals surface area contributed by atoms with Crippen LogP contribution in [0.15, 0.2) is 46.5 Å². The molecule has 3 N–H and O–H groups in total. The fourth-order valence-corrected chi connectivity index (χ4v) is 4.95. The zero-order valence-electron chi connectivity index (χ0n) is 14.2. The molecule has 1 aliphatic carbocycles. The topological polar surface area (TPSA) is 111 Å². The zero-order valence-corrected chi connectivity index (χ0v) is 15.0. The molecule has 0 radical (unpaired) electrons. The lowest BCUT2D eigenvalue weighted by molar-refractivity contribution is 0.246. The number of aromatic amines is 1. The lowest BCUT2D eigenvalue weighted by atomic mass is 10.1. The summed E-state index contributed by atoms with van der Waals surface area (Å²) in [4.78, 5) is 11.3. The molecule has 0 spiro atoms. The number of ether oxygens (including phenoxy) is 1. The molecule has 2 heterocycles. The van der Waals surface area contributed by atoms with Crippen LogP contribution >= 0.6 is 0 Å². The van der Waals surface area contributed by atoms with Crippen LogP contribution in [-0.2, 0) is 9.84 Å². The van der Waals surface area contributed by atoms with Crippen molar-refractivity contribution in [1.29, 1.82) is 0 Å². The van der Waals surface area contributed by atoms with Crippen LogP contribution in [0, 0.1) is 5.92 Å². The molecule has 7 nitrogen and oxygen atoms in total. The maximum atomic E-state index is 13.0. The second kappa shape index (κ2) is 6.60. The Morgan fingerprint density at radius 1 is 1.15 bits per heavy atom. The van der Waals surface area contributed by atoms with Gasteiger partial charge in [0, 0.05) is 0 Å². The van der Waals surface area contributed by atoms with Gasteiger partial charge in [-0.3, -0.25) is 0 Å².